The van der Waals surface area contributed by atoms with Gasteiger partial charge in [0.2, 0.25) is 0 Å². The van der Waals surface area contributed by atoms with Crippen LogP contribution >= 0.6 is 0 Å². The van der Waals surface area contributed by atoms with Crippen molar-refractivity contribution in [2.24, 2.45) is 7.05 Å². The summed E-state index contributed by atoms with van der Waals surface area (Å²) in [6.45, 7) is 5.64. The zero-order chi connectivity index (χ0) is 15.4. The molecule has 1 aromatic carbocycles. The van der Waals surface area contributed by atoms with Gasteiger partial charge in [-0.3, -0.25) is 9.58 Å². The van der Waals surface area contributed by atoms with Crippen molar-refractivity contribution in [3.63, 3.8) is 0 Å². The van der Waals surface area contributed by atoms with Gasteiger partial charge in [0, 0.05) is 26.3 Å². The van der Waals surface area contributed by atoms with Crippen LogP contribution in [0.5, 0.6) is 0 Å². The summed E-state index contributed by atoms with van der Waals surface area (Å²) in [6, 6.07) is 12.8. The standard InChI is InChI=1S/C18H23N3O/c1-15(12-16-6-4-3-5-7-16)13-21-10-11-22-14-18(21)17-8-9-19-20(17)2/h3-9,12,18H,10-11,13-14H2,1-2H3. The van der Waals surface area contributed by atoms with E-state index in [2.05, 4.69) is 53.3 Å². The average molecular weight is 297 g/mol. The highest BCUT2D eigenvalue weighted by atomic mass is 16.5. The van der Waals surface area contributed by atoms with E-state index in [0.717, 1.165) is 26.3 Å². The summed E-state index contributed by atoms with van der Waals surface area (Å²) in [5.41, 5.74) is 3.83. The Kier molecular flexibility index (Phi) is 4.71. The van der Waals surface area contributed by atoms with Crippen LogP contribution in [-0.4, -0.2) is 41.0 Å². The van der Waals surface area contributed by atoms with Crippen molar-refractivity contribution in [2.75, 3.05) is 26.3 Å². The SMILES string of the molecule is CC(=Cc1ccccc1)CN1CCOCC1c1ccnn1C. The molecule has 0 N–H and O–H groups in total. The van der Waals surface area contributed by atoms with Gasteiger partial charge in [0.1, 0.15) is 0 Å². The van der Waals surface area contributed by atoms with E-state index < -0.39 is 0 Å². The highest BCUT2D eigenvalue weighted by molar-refractivity contribution is 5.52. The molecule has 1 fully saturated rings. The second-order valence-corrected chi connectivity index (χ2v) is 5.84. The Balaban J connectivity index is 1.74. The number of benzene rings is 1. The fourth-order valence-electron chi connectivity index (χ4n) is 3.01. The zero-order valence-electron chi connectivity index (χ0n) is 13.3. The van der Waals surface area contributed by atoms with E-state index in [1.54, 1.807) is 0 Å². The molecule has 0 radical (unpaired) electrons. The molecule has 1 saturated heterocycles. The van der Waals surface area contributed by atoms with Crippen molar-refractivity contribution in [2.45, 2.75) is 13.0 Å². The zero-order valence-corrected chi connectivity index (χ0v) is 13.3. The Bertz CT molecular complexity index is 633. The van der Waals surface area contributed by atoms with Crippen LogP contribution < -0.4 is 0 Å². The maximum Gasteiger partial charge on any atom is 0.0758 e. The Morgan fingerprint density at radius 1 is 1.32 bits per heavy atom. The van der Waals surface area contributed by atoms with Crippen LogP contribution in [0.3, 0.4) is 0 Å². The average Bonchev–Trinajstić information content (AvgIpc) is 2.95. The third-order valence-corrected chi connectivity index (χ3v) is 4.10. The molecular formula is C18H23N3O. The van der Waals surface area contributed by atoms with Crippen molar-refractivity contribution in [3.8, 4) is 0 Å². The van der Waals surface area contributed by atoms with Crippen LogP contribution in [0.15, 0.2) is 48.2 Å². The molecule has 3 rings (SSSR count). The van der Waals surface area contributed by atoms with Crippen LogP contribution in [0.2, 0.25) is 0 Å². The lowest BCUT2D eigenvalue weighted by Crippen LogP contribution is -2.41. The first-order valence-electron chi connectivity index (χ1n) is 7.76. The molecule has 4 nitrogen and oxygen atoms in total. The van der Waals surface area contributed by atoms with Crippen molar-refractivity contribution < 1.29 is 4.74 Å². The first-order valence-corrected chi connectivity index (χ1v) is 7.76. The van der Waals surface area contributed by atoms with Gasteiger partial charge < -0.3 is 4.74 Å². The van der Waals surface area contributed by atoms with Crippen LogP contribution in [0.4, 0.5) is 0 Å². The van der Waals surface area contributed by atoms with Crippen LogP contribution in [0.1, 0.15) is 24.2 Å². The summed E-state index contributed by atoms with van der Waals surface area (Å²) in [4.78, 5) is 2.48. The Morgan fingerprint density at radius 2 is 2.14 bits per heavy atom. The predicted molar refractivity (Wildman–Crippen MR) is 88.4 cm³/mol. The maximum atomic E-state index is 5.69. The van der Waals surface area contributed by atoms with E-state index in [0.29, 0.717) is 0 Å². The van der Waals surface area contributed by atoms with E-state index in [9.17, 15) is 0 Å². The molecule has 1 atom stereocenters. The Hall–Kier alpha value is -1.91. The smallest absolute Gasteiger partial charge is 0.0758 e. The summed E-state index contributed by atoms with van der Waals surface area (Å²) >= 11 is 0. The number of aromatic nitrogens is 2. The number of rotatable bonds is 4. The summed E-state index contributed by atoms with van der Waals surface area (Å²) in [5.74, 6) is 0. The maximum absolute atomic E-state index is 5.69. The molecule has 1 aliphatic heterocycles. The largest absolute Gasteiger partial charge is 0.378 e. The molecule has 2 heterocycles. The van der Waals surface area contributed by atoms with Crippen molar-refractivity contribution >= 4 is 6.08 Å². The number of hydrogen-bond acceptors (Lipinski definition) is 3. The minimum absolute atomic E-state index is 0.278. The predicted octanol–water partition coefficient (Wildman–Crippen LogP) is 2.90. The lowest BCUT2D eigenvalue weighted by molar-refractivity contribution is -0.00654. The van der Waals surface area contributed by atoms with E-state index in [1.165, 1.54) is 16.8 Å². The van der Waals surface area contributed by atoms with Crippen molar-refractivity contribution in [3.05, 3.63) is 59.4 Å². The summed E-state index contributed by atoms with van der Waals surface area (Å²) in [6.07, 6.45) is 4.12. The fourth-order valence-corrected chi connectivity index (χ4v) is 3.01. The van der Waals surface area contributed by atoms with E-state index in [1.807, 2.05) is 24.0 Å². The Labute approximate surface area is 132 Å². The molecule has 22 heavy (non-hydrogen) atoms. The van der Waals surface area contributed by atoms with Gasteiger partial charge in [0.25, 0.3) is 0 Å². The topological polar surface area (TPSA) is 30.3 Å². The number of nitrogens with zero attached hydrogens (tertiary/aromatic N) is 3. The lowest BCUT2D eigenvalue weighted by atomic mass is 10.1. The second kappa shape index (κ2) is 6.90. The number of morpholine rings is 1. The molecule has 116 valence electrons. The molecule has 1 aliphatic rings. The van der Waals surface area contributed by atoms with Gasteiger partial charge in [-0.25, -0.2) is 0 Å². The number of hydrogen-bond donors (Lipinski definition) is 0. The van der Waals surface area contributed by atoms with Crippen LogP contribution in [-0.2, 0) is 11.8 Å². The Morgan fingerprint density at radius 3 is 2.86 bits per heavy atom. The van der Waals surface area contributed by atoms with Crippen molar-refractivity contribution in [1.29, 1.82) is 0 Å². The van der Waals surface area contributed by atoms with Gasteiger partial charge in [-0.15, -0.1) is 0 Å². The van der Waals surface area contributed by atoms with E-state index in [4.69, 9.17) is 4.74 Å². The molecular weight excluding hydrogens is 274 g/mol. The molecule has 4 heteroatoms. The molecule has 0 amide bonds. The fraction of sp³-hybridized carbons (Fsp3) is 0.389. The van der Waals surface area contributed by atoms with E-state index in [-0.39, 0.29) is 6.04 Å². The number of ether oxygens (including phenoxy) is 1. The molecule has 0 spiro atoms. The minimum atomic E-state index is 0.278. The first-order chi connectivity index (χ1) is 10.7. The first kappa shape index (κ1) is 15.0. The highest BCUT2D eigenvalue weighted by Gasteiger charge is 2.26. The van der Waals surface area contributed by atoms with Crippen LogP contribution in [0, 0.1) is 0 Å². The summed E-state index contributed by atoms with van der Waals surface area (Å²) in [5, 5.41) is 4.29. The quantitative estimate of drug-likeness (QED) is 0.869. The normalized spacial score (nSPS) is 20.3. The third kappa shape index (κ3) is 3.46. The summed E-state index contributed by atoms with van der Waals surface area (Å²) < 4.78 is 7.64. The van der Waals surface area contributed by atoms with E-state index >= 15 is 0 Å². The van der Waals surface area contributed by atoms with Gasteiger partial charge >= 0.3 is 0 Å². The van der Waals surface area contributed by atoms with Crippen LogP contribution in [0.25, 0.3) is 6.08 Å². The lowest BCUT2D eigenvalue weighted by Gasteiger charge is -2.35. The van der Waals surface area contributed by atoms with Crippen molar-refractivity contribution in [1.82, 2.24) is 14.7 Å². The van der Waals surface area contributed by atoms with Gasteiger partial charge in [0.05, 0.1) is 24.9 Å². The van der Waals surface area contributed by atoms with Gasteiger partial charge in [-0.05, 0) is 18.6 Å². The molecule has 0 bridgehead atoms. The molecule has 1 unspecified atom stereocenters. The monoisotopic (exact) mass is 297 g/mol. The van der Waals surface area contributed by atoms with Gasteiger partial charge in [-0.2, -0.15) is 5.10 Å². The number of aryl methyl sites for hydroxylation is 1. The molecule has 2 aromatic rings. The minimum Gasteiger partial charge on any atom is -0.378 e. The third-order valence-electron chi connectivity index (χ3n) is 4.10. The second-order valence-electron chi connectivity index (χ2n) is 5.84. The molecule has 0 aliphatic carbocycles. The highest BCUT2D eigenvalue weighted by Crippen LogP contribution is 2.24. The van der Waals surface area contributed by atoms with Gasteiger partial charge in [0.15, 0.2) is 0 Å². The molecule has 1 aromatic heterocycles. The van der Waals surface area contributed by atoms with Gasteiger partial charge in [-0.1, -0.05) is 42.0 Å². The summed E-state index contributed by atoms with van der Waals surface area (Å²) in [7, 11) is 1.99. The molecule has 0 saturated carbocycles.